The van der Waals surface area contributed by atoms with Crippen LogP contribution in [0.4, 0.5) is 8.78 Å². The van der Waals surface area contributed by atoms with Gasteiger partial charge in [0.25, 0.3) is 0 Å². The number of aliphatic hydroxyl groups excluding tert-OH is 1. The molecule has 0 saturated carbocycles. The van der Waals surface area contributed by atoms with Gasteiger partial charge in [-0.1, -0.05) is 37.3 Å². The van der Waals surface area contributed by atoms with Gasteiger partial charge in [-0.05, 0) is 36.1 Å². The van der Waals surface area contributed by atoms with E-state index in [2.05, 4.69) is 12.2 Å². The molecule has 0 aliphatic carbocycles. The molecule has 1 unspecified atom stereocenters. The second kappa shape index (κ2) is 12.2. The molecular weight excluding hydrogens is 381 g/mol. The van der Waals surface area contributed by atoms with Crippen molar-refractivity contribution < 1.29 is 13.9 Å². The van der Waals surface area contributed by atoms with Crippen LogP contribution in [0.1, 0.15) is 30.5 Å². The van der Waals surface area contributed by atoms with Crippen molar-refractivity contribution in [3.63, 3.8) is 0 Å². The maximum atomic E-state index is 13.2. The van der Waals surface area contributed by atoms with Crippen LogP contribution in [0.25, 0.3) is 0 Å². The zero-order valence-electron chi connectivity index (χ0n) is 14.6. The van der Waals surface area contributed by atoms with Crippen molar-refractivity contribution in [1.29, 1.82) is 0 Å². The number of halogens is 4. The summed E-state index contributed by atoms with van der Waals surface area (Å²) >= 11 is 0. The van der Waals surface area contributed by atoms with E-state index in [9.17, 15) is 13.9 Å². The number of nitrogens with one attached hydrogen (secondary N) is 1. The Balaban J connectivity index is 0.00000312. The summed E-state index contributed by atoms with van der Waals surface area (Å²) in [5.74, 6) is -1.28. The predicted octanol–water partition coefficient (Wildman–Crippen LogP) is 3.78. The van der Waals surface area contributed by atoms with Crippen LogP contribution in [0.3, 0.4) is 0 Å². The van der Waals surface area contributed by atoms with Crippen LogP contribution in [-0.4, -0.2) is 23.8 Å². The lowest BCUT2D eigenvalue weighted by Gasteiger charge is -2.23. The minimum absolute atomic E-state index is 0. The third-order valence-electron chi connectivity index (χ3n) is 4.07. The average Bonchev–Trinajstić information content (AvgIpc) is 2.55. The third kappa shape index (κ3) is 7.56. The number of aliphatic hydroxyl groups is 1. The third-order valence-corrected chi connectivity index (χ3v) is 4.07. The lowest BCUT2D eigenvalue weighted by molar-refractivity contribution is 0.137. The van der Waals surface area contributed by atoms with E-state index in [1.165, 1.54) is 12.1 Å². The van der Waals surface area contributed by atoms with Gasteiger partial charge in [-0.25, -0.2) is 8.78 Å². The average molecular weight is 407 g/mol. The van der Waals surface area contributed by atoms with E-state index in [4.69, 9.17) is 5.73 Å². The zero-order chi connectivity index (χ0) is 17.5. The van der Waals surface area contributed by atoms with E-state index in [0.717, 1.165) is 18.1 Å². The van der Waals surface area contributed by atoms with Gasteiger partial charge in [0.2, 0.25) is 0 Å². The van der Waals surface area contributed by atoms with Crippen molar-refractivity contribution in [2.75, 3.05) is 6.54 Å². The zero-order valence-corrected chi connectivity index (χ0v) is 16.2. The molecule has 2 aromatic rings. The Bertz CT molecular complexity index is 626. The number of rotatable bonds is 8. The standard InChI is InChI=1S/C19H24F2N2O.2ClH/c1-2-18(14-6-4-3-5-7-14)23-12-19(24)17(22)10-13-8-15(20)11-16(21)9-13;;/h3-9,11,17-19,23-24H,2,10,12,22H2,1H3;2*1H/t17-,18?,19+;;/m0../s1. The number of nitrogens with two attached hydrogens (primary N) is 1. The molecule has 0 aliphatic rings. The Labute approximate surface area is 165 Å². The van der Waals surface area contributed by atoms with Crippen molar-refractivity contribution in [3.05, 3.63) is 71.3 Å². The van der Waals surface area contributed by atoms with E-state index in [-0.39, 0.29) is 37.3 Å². The molecule has 0 aliphatic heterocycles. The van der Waals surface area contributed by atoms with Crippen LogP contribution in [0.2, 0.25) is 0 Å². The first-order valence-corrected chi connectivity index (χ1v) is 8.16. The van der Waals surface area contributed by atoms with Crippen molar-refractivity contribution in [2.24, 2.45) is 5.73 Å². The van der Waals surface area contributed by atoms with Gasteiger partial charge < -0.3 is 16.2 Å². The fraction of sp³-hybridized carbons (Fsp3) is 0.368. The first-order chi connectivity index (χ1) is 11.5. The quantitative estimate of drug-likeness (QED) is 0.624. The summed E-state index contributed by atoms with van der Waals surface area (Å²) in [4.78, 5) is 0. The maximum absolute atomic E-state index is 13.2. The summed E-state index contributed by atoms with van der Waals surface area (Å²) in [6.45, 7) is 2.37. The van der Waals surface area contributed by atoms with Gasteiger partial charge in [-0.15, -0.1) is 24.8 Å². The molecular formula is C19H26Cl2F2N2O. The Hall–Kier alpha value is -1.24. The van der Waals surface area contributed by atoms with Crippen LogP contribution in [0, 0.1) is 11.6 Å². The molecule has 0 aromatic heterocycles. The first-order valence-electron chi connectivity index (χ1n) is 8.16. The van der Waals surface area contributed by atoms with Gasteiger partial charge in [0.05, 0.1) is 6.10 Å². The first kappa shape index (κ1) is 24.8. The molecule has 3 nitrogen and oxygen atoms in total. The summed E-state index contributed by atoms with van der Waals surface area (Å²) in [5, 5.41) is 13.5. The highest BCUT2D eigenvalue weighted by molar-refractivity contribution is 5.85. The molecule has 0 bridgehead atoms. The molecule has 7 heteroatoms. The van der Waals surface area contributed by atoms with E-state index >= 15 is 0 Å². The molecule has 0 heterocycles. The molecule has 4 N–H and O–H groups in total. The summed E-state index contributed by atoms with van der Waals surface area (Å²) in [5.41, 5.74) is 7.57. The van der Waals surface area contributed by atoms with Gasteiger partial charge in [0.1, 0.15) is 11.6 Å². The van der Waals surface area contributed by atoms with Crippen LogP contribution >= 0.6 is 24.8 Å². The van der Waals surface area contributed by atoms with Gasteiger partial charge >= 0.3 is 0 Å². The Morgan fingerprint density at radius 1 is 1.04 bits per heavy atom. The lowest BCUT2D eigenvalue weighted by Crippen LogP contribution is -2.43. The summed E-state index contributed by atoms with van der Waals surface area (Å²) in [6.07, 6.45) is 0.273. The fourth-order valence-corrected chi connectivity index (χ4v) is 2.73. The van der Waals surface area contributed by atoms with E-state index in [1.807, 2.05) is 30.3 Å². The molecule has 3 atom stereocenters. The molecule has 2 rings (SSSR count). The number of benzene rings is 2. The fourth-order valence-electron chi connectivity index (χ4n) is 2.73. The topological polar surface area (TPSA) is 58.3 Å². The number of hydrogen-bond acceptors (Lipinski definition) is 3. The molecule has 146 valence electrons. The van der Waals surface area contributed by atoms with E-state index < -0.39 is 23.8 Å². The van der Waals surface area contributed by atoms with Crippen LogP contribution in [0.15, 0.2) is 48.5 Å². The van der Waals surface area contributed by atoms with E-state index in [1.54, 1.807) is 0 Å². The molecule has 2 aromatic carbocycles. The van der Waals surface area contributed by atoms with Crippen LogP contribution in [0.5, 0.6) is 0 Å². The molecule has 0 radical (unpaired) electrons. The van der Waals surface area contributed by atoms with Gasteiger partial charge in [-0.3, -0.25) is 0 Å². The maximum Gasteiger partial charge on any atom is 0.126 e. The highest BCUT2D eigenvalue weighted by Gasteiger charge is 2.18. The summed E-state index contributed by atoms with van der Waals surface area (Å²) < 4.78 is 26.4. The predicted molar refractivity (Wildman–Crippen MR) is 106 cm³/mol. The Morgan fingerprint density at radius 2 is 1.62 bits per heavy atom. The van der Waals surface area contributed by atoms with Crippen molar-refractivity contribution in [3.8, 4) is 0 Å². The lowest BCUT2D eigenvalue weighted by atomic mass is 10.0. The van der Waals surface area contributed by atoms with Crippen molar-refractivity contribution in [1.82, 2.24) is 5.32 Å². The van der Waals surface area contributed by atoms with Crippen LogP contribution < -0.4 is 11.1 Å². The smallest absolute Gasteiger partial charge is 0.126 e. The van der Waals surface area contributed by atoms with Crippen molar-refractivity contribution >= 4 is 24.8 Å². The summed E-state index contributed by atoms with van der Waals surface area (Å²) in [6, 6.07) is 12.8. The largest absolute Gasteiger partial charge is 0.390 e. The SMILES string of the molecule is CCC(NC[C@@H](O)[C@@H](N)Cc1cc(F)cc(F)c1)c1ccccc1.Cl.Cl. The van der Waals surface area contributed by atoms with E-state index in [0.29, 0.717) is 12.1 Å². The molecule has 0 spiro atoms. The molecule has 26 heavy (non-hydrogen) atoms. The Morgan fingerprint density at radius 3 is 2.15 bits per heavy atom. The second-order valence-electron chi connectivity index (χ2n) is 5.99. The monoisotopic (exact) mass is 406 g/mol. The van der Waals surface area contributed by atoms with Crippen LogP contribution in [-0.2, 0) is 6.42 Å². The minimum Gasteiger partial charge on any atom is -0.390 e. The van der Waals surface area contributed by atoms with Gasteiger partial charge in [0.15, 0.2) is 0 Å². The highest BCUT2D eigenvalue weighted by atomic mass is 35.5. The minimum atomic E-state index is -0.811. The molecule has 0 fully saturated rings. The summed E-state index contributed by atoms with van der Waals surface area (Å²) in [7, 11) is 0. The molecule has 0 amide bonds. The second-order valence-corrected chi connectivity index (χ2v) is 5.99. The Kier molecular flexibility index (Phi) is 11.6. The number of hydrogen-bond donors (Lipinski definition) is 3. The molecule has 0 saturated heterocycles. The van der Waals surface area contributed by atoms with Gasteiger partial charge in [-0.2, -0.15) is 0 Å². The normalized spacial score (nSPS) is 13.9. The highest BCUT2D eigenvalue weighted by Crippen LogP contribution is 2.16. The van der Waals surface area contributed by atoms with Crippen molar-refractivity contribution in [2.45, 2.75) is 38.0 Å². The van der Waals surface area contributed by atoms with Gasteiger partial charge in [0, 0.05) is 24.7 Å².